The quantitative estimate of drug-likeness (QED) is 0.529. The first kappa shape index (κ1) is 25.5. The van der Waals surface area contributed by atoms with Crippen LogP contribution in [0.25, 0.3) is 0 Å². The van der Waals surface area contributed by atoms with E-state index in [9.17, 15) is 9.90 Å². The topological polar surface area (TPSA) is 62.7 Å². The SMILES string of the molecule is CC(=O)N(Cc1cccnc1)CC1CCC2C(CC3C4CCC5C(C)(C)[C@@H](O)CCC56C[C@@]46CCC23C)O1. The average molecular weight is 521 g/mol. The van der Waals surface area contributed by atoms with Gasteiger partial charge in [-0.05, 0) is 121 Å². The van der Waals surface area contributed by atoms with Gasteiger partial charge in [-0.3, -0.25) is 9.78 Å². The molecule has 5 saturated carbocycles. The number of ether oxygens (including phenoxy) is 1. The lowest BCUT2D eigenvalue weighted by Gasteiger charge is -2.59. The standard InChI is InChI=1S/C33H48N2O3/c1-21(36)35(18-22-6-5-15-34-17-22)19-23-7-8-25-27(38-23)16-26-24-9-10-28-30(2,3)29(37)11-12-33(28)20-32(24,33)14-13-31(25,26)4/h5-6,15,17,23-29,37H,7-14,16,18-20H2,1-4H3/t23?,24?,25?,26?,27?,28?,29-,31?,32-,33?/m0/s1. The van der Waals surface area contributed by atoms with Crippen molar-refractivity contribution in [1.29, 1.82) is 0 Å². The maximum absolute atomic E-state index is 12.5. The van der Waals surface area contributed by atoms with E-state index in [2.05, 4.69) is 25.8 Å². The van der Waals surface area contributed by atoms with Gasteiger partial charge in [0.25, 0.3) is 0 Å². The molecule has 5 nitrogen and oxygen atoms in total. The molecule has 0 radical (unpaired) electrons. The maximum Gasteiger partial charge on any atom is 0.219 e. The Morgan fingerprint density at radius 1 is 1.05 bits per heavy atom. The van der Waals surface area contributed by atoms with Gasteiger partial charge >= 0.3 is 0 Å². The summed E-state index contributed by atoms with van der Waals surface area (Å²) in [5, 5.41) is 10.9. The number of hydrogen-bond donors (Lipinski definition) is 1. The molecule has 2 spiro atoms. The fourth-order valence-electron chi connectivity index (χ4n) is 11.7. The van der Waals surface area contributed by atoms with Gasteiger partial charge in [0.1, 0.15) is 0 Å². The zero-order valence-electron chi connectivity index (χ0n) is 24.0. The minimum absolute atomic E-state index is 0.0614. The monoisotopic (exact) mass is 520 g/mol. The van der Waals surface area contributed by atoms with Crippen molar-refractivity contribution in [3.05, 3.63) is 30.1 Å². The highest BCUT2D eigenvalue weighted by molar-refractivity contribution is 5.73. The molecular weight excluding hydrogens is 472 g/mol. The van der Waals surface area contributed by atoms with E-state index in [-0.39, 0.29) is 23.5 Å². The first-order chi connectivity index (χ1) is 18.1. The molecule has 6 aliphatic rings. The van der Waals surface area contributed by atoms with Crippen LogP contribution in [0, 0.1) is 45.3 Å². The third kappa shape index (κ3) is 3.42. The summed E-state index contributed by atoms with van der Waals surface area (Å²) >= 11 is 0. The average Bonchev–Trinajstić information content (AvgIpc) is 3.47. The number of hydrogen-bond acceptors (Lipinski definition) is 4. The van der Waals surface area contributed by atoms with E-state index in [1.54, 1.807) is 13.1 Å². The third-order valence-corrected chi connectivity index (χ3v) is 13.6. The van der Waals surface area contributed by atoms with Crippen molar-refractivity contribution in [1.82, 2.24) is 9.88 Å². The molecule has 1 aromatic rings. The summed E-state index contributed by atoms with van der Waals surface area (Å²) in [6.45, 7) is 10.3. The molecule has 6 fully saturated rings. The van der Waals surface area contributed by atoms with Crippen LogP contribution < -0.4 is 0 Å². The Kier molecular flexibility index (Phi) is 5.72. The Bertz CT molecular complexity index is 1090. The number of amides is 1. The number of aliphatic hydroxyl groups excluding tert-OH is 1. The van der Waals surface area contributed by atoms with Crippen LogP contribution in [0.2, 0.25) is 0 Å². The van der Waals surface area contributed by atoms with Crippen molar-refractivity contribution in [2.45, 2.75) is 117 Å². The first-order valence-corrected chi connectivity index (χ1v) is 15.6. The molecule has 38 heavy (non-hydrogen) atoms. The highest BCUT2D eigenvalue weighted by Gasteiger charge is 2.80. The molecule has 7 rings (SSSR count). The van der Waals surface area contributed by atoms with E-state index >= 15 is 0 Å². The number of nitrogens with zero attached hydrogens (tertiary/aromatic N) is 2. The Morgan fingerprint density at radius 3 is 2.63 bits per heavy atom. The Labute approximate surface area is 229 Å². The molecule has 0 bridgehead atoms. The van der Waals surface area contributed by atoms with Crippen LogP contribution >= 0.6 is 0 Å². The molecule has 1 saturated heterocycles. The van der Waals surface area contributed by atoms with Crippen LogP contribution in [-0.2, 0) is 16.1 Å². The Hall–Kier alpha value is -1.46. The molecule has 5 heteroatoms. The molecule has 1 N–H and O–H groups in total. The van der Waals surface area contributed by atoms with Gasteiger partial charge in [-0.25, -0.2) is 0 Å². The lowest BCUT2D eigenvalue weighted by Crippen LogP contribution is -2.54. The summed E-state index contributed by atoms with van der Waals surface area (Å²) in [6.07, 6.45) is 16.6. The van der Waals surface area contributed by atoms with Crippen LogP contribution in [0.5, 0.6) is 0 Å². The second-order valence-electron chi connectivity index (χ2n) is 15.2. The Morgan fingerprint density at radius 2 is 1.87 bits per heavy atom. The van der Waals surface area contributed by atoms with Gasteiger partial charge in [-0.15, -0.1) is 0 Å². The predicted octanol–water partition coefficient (Wildman–Crippen LogP) is 6.00. The minimum atomic E-state index is -0.131. The van der Waals surface area contributed by atoms with Crippen LogP contribution in [0.3, 0.4) is 0 Å². The van der Waals surface area contributed by atoms with Gasteiger partial charge < -0.3 is 14.7 Å². The van der Waals surface area contributed by atoms with Gasteiger partial charge in [-0.2, -0.15) is 0 Å². The number of aliphatic hydroxyl groups is 1. The number of carbonyl (C=O) groups is 1. The van der Waals surface area contributed by atoms with Gasteiger partial charge in [0, 0.05) is 32.4 Å². The lowest BCUT2D eigenvalue weighted by molar-refractivity contribution is -0.140. The highest BCUT2D eigenvalue weighted by Crippen LogP contribution is 2.87. The molecule has 0 aromatic carbocycles. The maximum atomic E-state index is 12.5. The zero-order valence-corrected chi connectivity index (χ0v) is 24.0. The van der Waals surface area contributed by atoms with Gasteiger partial charge in [-0.1, -0.05) is 26.8 Å². The summed E-state index contributed by atoms with van der Waals surface area (Å²) in [5.41, 5.74) is 2.59. The molecule has 2 heterocycles. The second kappa shape index (κ2) is 8.52. The number of aromatic nitrogens is 1. The van der Waals surface area contributed by atoms with Crippen molar-refractivity contribution >= 4 is 5.91 Å². The van der Waals surface area contributed by atoms with Crippen molar-refractivity contribution in [3.8, 4) is 0 Å². The molecule has 10 atom stereocenters. The summed E-state index contributed by atoms with van der Waals surface area (Å²) in [4.78, 5) is 18.7. The van der Waals surface area contributed by atoms with E-state index in [1.807, 2.05) is 23.2 Å². The van der Waals surface area contributed by atoms with E-state index in [4.69, 9.17) is 4.74 Å². The summed E-state index contributed by atoms with van der Waals surface area (Å²) in [7, 11) is 0. The number of carbonyl (C=O) groups excluding carboxylic acids is 1. The van der Waals surface area contributed by atoms with Crippen LogP contribution in [0.15, 0.2) is 24.5 Å². The van der Waals surface area contributed by atoms with E-state index in [0.717, 1.165) is 30.2 Å². The van der Waals surface area contributed by atoms with Gasteiger partial charge in [0.15, 0.2) is 0 Å². The smallest absolute Gasteiger partial charge is 0.219 e. The molecule has 208 valence electrons. The van der Waals surface area contributed by atoms with Crippen molar-refractivity contribution in [2.24, 2.45) is 45.3 Å². The van der Waals surface area contributed by atoms with Crippen molar-refractivity contribution in [3.63, 3.8) is 0 Å². The van der Waals surface area contributed by atoms with Gasteiger partial charge in [0.2, 0.25) is 5.91 Å². The van der Waals surface area contributed by atoms with Crippen LogP contribution in [0.4, 0.5) is 0 Å². The Balaban J connectivity index is 1.07. The normalized spacial score (nSPS) is 48.1. The third-order valence-electron chi connectivity index (χ3n) is 13.6. The minimum Gasteiger partial charge on any atom is -0.393 e. The molecular formula is C33H48N2O3. The van der Waals surface area contributed by atoms with Crippen molar-refractivity contribution in [2.75, 3.05) is 6.54 Å². The van der Waals surface area contributed by atoms with E-state index in [1.165, 1.54) is 51.4 Å². The molecule has 1 aliphatic heterocycles. The largest absolute Gasteiger partial charge is 0.393 e. The molecule has 1 aromatic heterocycles. The van der Waals surface area contributed by atoms with Crippen LogP contribution in [0.1, 0.15) is 97.5 Å². The number of fused-ring (bicyclic) bond motifs is 4. The highest BCUT2D eigenvalue weighted by atomic mass is 16.5. The lowest BCUT2D eigenvalue weighted by atomic mass is 9.46. The summed E-state index contributed by atoms with van der Waals surface area (Å²) < 4.78 is 6.92. The fraction of sp³-hybridized carbons (Fsp3) is 0.818. The van der Waals surface area contributed by atoms with Crippen LogP contribution in [-0.4, -0.2) is 45.8 Å². The summed E-state index contributed by atoms with van der Waals surface area (Å²) in [6, 6.07) is 3.99. The van der Waals surface area contributed by atoms with Crippen molar-refractivity contribution < 1.29 is 14.6 Å². The van der Waals surface area contributed by atoms with E-state index < -0.39 is 0 Å². The fourth-order valence-corrected chi connectivity index (χ4v) is 11.7. The predicted molar refractivity (Wildman–Crippen MR) is 147 cm³/mol. The zero-order chi connectivity index (χ0) is 26.5. The molecule has 5 aliphatic carbocycles. The molecule has 1 amide bonds. The molecule has 8 unspecified atom stereocenters. The number of pyridine rings is 1. The second-order valence-corrected chi connectivity index (χ2v) is 15.2. The first-order valence-electron chi connectivity index (χ1n) is 15.6. The number of rotatable bonds is 4. The van der Waals surface area contributed by atoms with Gasteiger partial charge in [0.05, 0.1) is 18.3 Å². The summed E-state index contributed by atoms with van der Waals surface area (Å²) in [5.74, 6) is 3.10. The van der Waals surface area contributed by atoms with E-state index in [0.29, 0.717) is 47.3 Å².